The van der Waals surface area contributed by atoms with E-state index in [4.69, 9.17) is 27.6 Å². The highest BCUT2D eigenvalue weighted by molar-refractivity contribution is 7.23. The Bertz CT molecular complexity index is 1470. The SMILES string of the molecule is O=C(Nc1nc2c(Cl)ccc(Cl)c2s1)c1cc2c(ccc3ccccc32)oc1=O. The molecule has 0 saturated carbocycles. The molecular formula is C21H10Cl2N2O3S. The summed E-state index contributed by atoms with van der Waals surface area (Å²) in [4.78, 5) is 29.5. The second-order valence-corrected chi connectivity index (χ2v) is 8.14. The summed E-state index contributed by atoms with van der Waals surface area (Å²) >= 11 is 13.5. The molecular weight excluding hydrogens is 431 g/mol. The molecule has 2 heterocycles. The van der Waals surface area contributed by atoms with Gasteiger partial charge in [0, 0.05) is 5.39 Å². The highest BCUT2D eigenvalue weighted by Gasteiger charge is 2.18. The fraction of sp³-hybridized carbons (Fsp3) is 0. The first kappa shape index (κ1) is 18.1. The largest absolute Gasteiger partial charge is 0.422 e. The Morgan fingerprint density at radius 2 is 1.79 bits per heavy atom. The molecule has 0 radical (unpaired) electrons. The molecule has 5 nitrogen and oxygen atoms in total. The Kier molecular flexibility index (Phi) is 4.28. The van der Waals surface area contributed by atoms with Crippen LogP contribution >= 0.6 is 34.5 Å². The van der Waals surface area contributed by atoms with Gasteiger partial charge in [0.1, 0.15) is 16.7 Å². The van der Waals surface area contributed by atoms with Gasteiger partial charge in [-0.05, 0) is 35.0 Å². The van der Waals surface area contributed by atoms with Gasteiger partial charge in [-0.25, -0.2) is 9.78 Å². The van der Waals surface area contributed by atoms with Crippen LogP contribution in [0.25, 0.3) is 32.0 Å². The average Bonchev–Trinajstić information content (AvgIpc) is 3.15. The number of hydrogen-bond acceptors (Lipinski definition) is 5. The fourth-order valence-corrected chi connectivity index (χ4v) is 4.61. The molecule has 0 atom stereocenters. The maximum Gasteiger partial charge on any atom is 0.349 e. The molecule has 1 amide bonds. The van der Waals surface area contributed by atoms with Gasteiger partial charge in [-0.1, -0.05) is 64.9 Å². The topological polar surface area (TPSA) is 72.2 Å². The van der Waals surface area contributed by atoms with Crippen molar-refractivity contribution in [3.8, 4) is 0 Å². The van der Waals surface area contributed by atoms with Gasteiger partial charge in [0.15, 0.2) is 5.13 Å². The molecule has 5 aromatic rings. The van der Waals surface area contributed by atoms with Crippen molar-refractivity contribution in [3.63, 3.8) is 0 Å². The lowest BCUT2D eigenvalue weighted by Crippen LogP contribution is -2.20. The zero-order valence-electron chi connectivity index (χ0n) is 14.5. The molecule has 142 valence electrons. The van der Waals surface area contributed by atoms with E-state index in [1.807, 2.05) is 30.3 Å². The monoisotopic (exact) mass is 440 g/mol. The summed E-state index contributed by atoms with van der Waals surface area (Å²) in [5, 5.41) is 6.41. The van der Waals surface area contributed by atoms with Crippen LogP contribution in [-0.2, 0) is 0 Å². The number of nitrogens with zero attached hydrogens (tertiary/aromatic N) is 1. The van der Waals surface area contributed by atoms with Gasteiger partial charge in [0.25, 0.3) is 5.91 Å². The van der Waals surface area contributed by atoms with Gasteiger partial charge < -0.3 is 4.42 Å². The van der Waals surface area contributed by atoms with Crippen LogP contribution in [0.5, 0.6) is 0 Å². The average molecular weight is 441 g/mol. The van der Waals surface area contributed by atoms with Gasteiger partial charge in [0.05, 0.1) is 14.7 Å². The number of anilines is 1. The van der Waals surface area contributed by atoms with E-state index in [1.54, 1.807) is 24.3 Å². The van der Waals surface area contributed by atoms with Gasteiger partial charge in [0.2, 0.25) is 0 Å². The van der Waals surface area contributed by atoms with Crippen LogP contribution < -0.4 is 10.9 Å². The van der Waals surface area contributed by atoms with E-state index >= 15 is 0 Å². The number of amides is 1. The van der Waals surface area contributed by atoms with E-state index in [0.29, 0.717) is 31.2 Å². The van der Waals surface area contributed by atoms with Crippen molar-refractivity contribution in [1.82, 2.24) is 4.98 Å². The summed E-state index contributed by atoms with van der Waals surface area (Å²) in [6.07, 6.45) is 0. The summed E-state index contributed by atoms with van der Waals surface area (Å²) < 4.78 is 6.04. The van der Waals surface area contributed by atoms with Crippen LogP contribution in [0.3, 0.4) is 0 Å². The molecule has 0 aliphatic rings. The van der Waals surface area contributed by atoms with E-state index in [1.165, 1.54) is 11.3 Å². The van der Waals surface area contributed by atoms with Crippen LogP contribution in [0.4, 0.5) is 5.13 Å². The third-order valence-corrected chi connectivity index (χ3v) is 6.29. The lowest BCUT2D eigenvalue weighted by atomic mass is 10.0. The van der Waals surface area contributed by atoms with E-state index in [-0.39, 0.29) is 10.7 Å². The first-order valence-electron chi connectivity index (χ1n) is 8.53. The van der Waals surface area contributed by atoms with Crippen molar-refractivity contribution < 1.29 is 9.21 Å². The Labute approximate surface area is 177 Å². The minimum atomic E-state index is -0.720. The molecule has 29 heavy (non-hydrogen) atoms. The second-order valence-electron chi connectivity index (χ2n) is 6.33. The Hall–Kier alpha value is -2.93. The summed E-state index contributed by atoms with van der Waals surface area (Å²) in [6, 6.07) is 16.1. The van der Waals surface area contributed by atoms with Crippen LogP contribution in [0.2, 0.25) is 10.0 Å². The van der Waals surface area contributed by atoms with E-state index in [2.05, 4.69) is 10.3 Å². The van der Waals surface area contributed by atoms with Crippen LogP contribution in [-0.4, -0.2) is 10.9 Å². The number of carbonyl (C=O) groups is 1. The molecule has 0 saturated heterocycles. The molecule has 0 aliphatic heterocycles. The van der Waals surface area contributed by atoms with Crippen molar-refractivity contribution >= 4 is 77.5 Å². The zero-order chi connectivity index (χ0) is 20.1. The Balaban J connectivity index is 1.60. The van der Waals surface area contributed by atoms with Crippen LogP contribution in [0, 0.1) is 0 Å². The predicted molar refractivity (Wildman–Crippen MR) is 118 cm³/mol. The number of thiazole rings is 1. The van der Waals surface area contributed by atoms with E-state index in [9.17, 15) is 9.59 Å². The smallest absolute Gasteiger partial charge is 0.349 e. The molecule has 2 aromatic heterocycles. The molecule has 3 aromatic carbocycles. The number of nitrogens with one attached hydrogen (secondary N) is 1. The zero-order valence-corrected chi connectivity index (χ0v) is 16.9. The summed E-state index contributed by atoms with van der Waals surface area (Å²) in [7, 11) is 0. The standard InChI is InChI=1S/C21H10Cl2N2O3S/c22-14-6-7-15(23)18-17(14)24-21(29-18)25-19(26)13-9-12-11-4-2-1-3-10(11)5-8-16(12)28-20(13)27/h1-9H,(H,24,25,26). The van der Waals surface area contributed by atoms with Gasteiger partial charge in [-0.15, -0.1) is 0 Å². The molecule has 0 aliphatic carbocycles. The lowest BCUT2D eigenvalue weighted by Gasteiger charge is -2.05. The van der Waals surface area contributed by atoms with E-state index < -0.39 is 11.5 Å². The Morgan fingerprint density at radius 3 is 2.62 bits per heavy atom. The number of carbonyl (C=O) groups excluding carboxylic acids is 1. The van der Waals surface area contributed by atoms with E-state index in [0.717, 1.165) is 10.8 Å². The molecule has 0 unspecified atom stereocenters. The summed E-state index contributed by atoms with van der Waals surface area (Å²) in [6.45, 7) is 0. The summed E-state index contributed by atoms with van der Waals surface area (Å²) in [5.41, 5.74) is 0.0903. The fourth-order valence-electron chi connectivity index (χ4n) is 3.19. The number of hydrogen-bond donors (Lipinski definition) is 1. The molecule has 0 bridgehead atoms. The van der Waals surface area contributed by atoms with Crippen molar-refractivity contribution in [1.29, 1.82) is 0 Å². The molecule has 1 N–H and O–H groups in total. The van der Waals surface area contributed by atoms with Crippen molar-refractivity contribution in [3.05, 3.63) is 80.6 Å². The number of halogens is 2. The molecule has 8 heteroatoms. The maximum absolute atomic E-state index is 12.8. The molecule has 0 fully saturated rings. The van der Waals surface area contributed by atoms with Gasteiger partial charge in [-0.2, -0.15) is 0 Å². The molecule has 0 spiro atoms. The quantitative estimate of drug-likeness (QED) is 0.265. The van der Waals surface area contributed by atoms with Gasteiger partial charge >= 0.3 is 5.63 Å². The second kappa shape index (κ2) is 6.84. The van der Waals surface area contributed by atoms with Crippen molar-refractivity contribution in [2.75, 3.05) is 5.32 Å². The third kappa shape index (κ3) is 3.06. The van der Waals surface area contributed by atoms with Crippen LogP contribution in [0.1, 0.15) is 10.4 Å². The van der Waals surface area contributed by atoms with Crippen molar-refractivity contribution in [2.24, 2.45) is 0 Å². The highest BCUT2D eigenvalue weighted by Crippen LogP contribution is 2.36. The first-order chi connectivity index (χ1) is 14.0. The Morgan fingerprint density at radius 1 is 1.00 bits per heavy atom. The lowest BCUT2D eigenvalue weighted by molar-refractivity contribution is 0.102. The number of fused-ring (bicyclic) bond motifs is 4. The number of benzene rings is 3. The normalized spacial score (nSPS) is 11.4. The van der Waals surface area contributed by atoms with Gasteiger partial charge in [-0.3, -0.25) is 10.1 Å². The third-order valence-electron chi connectivity index (χ3n) is 4.55. The van der Waals surface area contributed by atoms with Crippen LogP contribution in [0.15, 0.2) is 63.8 Å². The highest BCUT2D eigenvalue weighted by atomic mass is 35.5. The number of rotatable bonds is 2. The molecule has 5 rings (SSSR count). The van der Waals surface area contributed by atoms with Crippen molar-refractivity contribution in [2.45, 2.75) is 0 Å². The first-order valence-corrected chi connectivity index (χ1v) is 10.1. The number of aromatic nitrogens is 1. The predicted octanol–water partition coefficient (Wildman–Crippen LogP) is 6.12. The minimum Gasteiger partial charge on any atom is -0.422 e. The summed E-state index contributed by atoms with van der Waals surface area (Å²) in [5.74, 6) is -0.611. The minimum absolute atomic E-state index is 0.106. The maximum atomic E-state index is 12.8.